The molecule has 0 bridgehead atoms. The maximum atomic E-state index is 13.9. The predicted molar refractivity (Wildman–Crippen MR) is 116 cm³/mol. The van der Waals surface area contributed by atoms with Gasteiger partial charge in [0, 0.05) is 5.56 Å². The standard InChI is InChI=1S/C23H19N3OS/c1-28-22(24)26-25-20-18-14-8-9-15-19(18)23(21(20)27,16-10-4-2-5-11-16)17-12-6-3-7-13-17/h2-15H,1H3,(H2,24,26)/b25-20+. The molecule has 0 amide bonds. The fourth-order valence-corrected chi connectivity index (χ4v) is 3.92. The molecule has 1 aliphatic carbocycles. The lowest BCUT2D eigenvalue weighted by Gasteiger charge is -2.29. The Labute approximate surface area is 168 Å². The van der Waals surface area contributed by atoms with Crippen LogP contribution in [0.15, 0.2) is 95.1 Å². The molecule has 1 aliphatic rings. The van der Waals surface area contributed by atoms with E-state index in [-0.39, 0.29) is 5.78 Å². The minimum Gasteiger partial charge on any atom is -0.377 e. The number of Topliss-reactive ketones (excluding diaryl/α,β-unsaturated/α-hetero) is 1. The largest absolute Gasteiger partial charge is 0.377 e. The smallest absolute Gasteiger partial charge is 0.203 e. The number of hydrogen-bond acceptors (Lipinski definition) is 4. The molecule has 0 unspecified atom stereocenters. The maximum absolute atomic E-state index is 13.9. The van der Waals surface area contributed by atoms with E-state index in [1.807, 2.05) is 91.2 Å². The van der Waals surface area contributed by atoms with Crippen LogP contribution in [0, 0.1) is 0 Å². The summed E-state index contributed by atoms with van der Waals surface area (Å²) in [5, 5.41) is 8.64. The second-order valence-electron chi connectivity index (χ2n) is 6.45. The quantitative estimate of drug-likeness (QED) is 0.421. The molecule has 3 aromatic carbocycles. The first kappa shape index (κ1) is 18.2. The Morgan fingerprint density at radius 3 is 1.96 bits per heavy atom. The van der Waals surface area contributed by atoms with Crippen molar-refractivity contribution < 1.29 is 4.79 Å². The molecule has 0 fully saturated rings. The van der Waals surface area contributed by atoms with E-state index in [1.165, 1.54) is 11.8 Å². The van der Waals surface area contributed by atoms with Crippen LogP contribution in [0.3, 0.4) is 0 Å². The molecule has 0 atom stereocenters. The fourth-order valence-electron chi connectivity index (χ4n) is 3.79. The number of rotatable bonds is 3. The number of nitrogens with two attached hydrogens (primary N) is 1. The molecule has 4 rings (SSSR count). The predicted octanol–water partition coefficient (Wildman–Crippen LogP) is 3.99. The summed E-state index contributed by atoms with van der Waals surface area (Å²) in [6.45, 7) is 0. The van der Waals surface area contributed by atoms with E-state index in [1.54, 1.807) is 0 Å². The Kier molecular flexibility index (Phi) is 4.84. The second-order valence-corrected chi connectivity index (χ2v) is 7.27. The number of benzene rings is 3. The summed E-state index contributed by atoms with van der Waals surface area (Å²) in [4.78, 5) is 13.9. The minimum absolute atomic E-state index is 0.0937. The zero-order chi connectivity index (χ0) is 19.6. The molecular formula is C23H19N3OS. The minimum atomic E-state index is -0.957. The highest BCUT2D eigenvalue weighted by molar-refractivity contribution is 8.13. The Hall–Kier alpha value is -3.18. The number of nitrogens with zero attached hydrogens (tertiary/aromatic N) is 2. The maximum Gasteiger partial charge on any atom is 0.203 e. The third-order valence-electron chi connectivity index (χ3n) is 5.01. The van der Waals surface area contributed by atoms with Gasteiger partial charge in [-0.25, -0.2) is 0 Å². The summed E-state index contributed by atoms with van der Waals surface area (Å²) in [6, 6.07) is 27.5. The van der Waals surface area contributed by atoms with E-state index in [0.717, 1.165) is 22.3 Å². The Morgan fingerprint density at radius 2 is 1.39 bits per heavy atom. The first-order chi connectivity index (χ1) is 13.7. The van der Waals surface area contributed by atoms with Gasteiger partial charge in [-0.15, -0.1) is 10.2 Å². The van der Waals surface area contributed by atoms with Gasteiger partial charge in [0.25, 0.3) is 0 Å². The van der Waals surface area contributed by atoms with E-state index < -0.39 is 5.41 Å². The molecular weight excluding hydrogens is 366 g/mol. The lowest BCUT2D eigenvalue weighted by Crippen LogP contribution is -2.36. The Bertz CT molecular complexity index is 1040. The lowest BCUT2D eigenvalue weighted by molar-refractivity contribution is -0.115. The number of thioether (sulfide) groups is 1. The zero-order valence-corrected chi connectivity index (χ0v) is 16.2. The number of carbonyl (C=O) groups excluding carboxylic acids is 1. The summed E-state index contributed by atoms with van der Waals surface area (Å²) < 4.78 is 0. The highest BCUT2D eigenvalue weighted by Gasteiger charge is 2.52. The van der Waals surface area contributed by atoms with Crippen molar-refractivity contribution in [2.24, 2.45) is 15.9 Å². The van der Waals surface area contributed by atoms with Gasteiger partial charge in [0.15, 0.2) is 5.17 Å². The monoisotopic (exact) mass is 385 g/mol. The van der Waals surface area contributed by atoms with Crippen LogP contribution in [0.4, 0.5) is 0 Å². The van der Waals surface area contributed by atoms with Crippen molar-refractivity contribution in [2.75, 3.05) is 6.26 Å². The van der Waals surface area contributed by atoms with Crippen molar-refractivity contribution in [3.05, 3.63) is 107 Å². The number of ketones is 1. The topological polar surface area (TPSA) is 67.8 Å². The van der Waals surface area contributed by atoms with Crippen LogP contribution in [-0.4, -0.2) is 22.9 Å². The van der Waals surface area contributed by atoms with Crippen LogP contribution in [0.25, 0.3) is 0 Å². The van der Waals surface area contributed by atoms with Crippen molar-refractivity contribution in [3.8, 4) is 0 Å². The van der Waals surface area contributed by atoms with Crippen LogP contribution in [0.2, 0.25) is 0 Å². The van der Waals surface area contributed by atoms with Gasteiger partial charge < -0.3 is 5.73 Å². The van der Waals surface area contributed by atoms with Crippen molar-refractivity contribution in [1.29, 1.82) is 0 Å². The fraction of sp³-hybridized carbons (Fsp3) is 0.0870. The number of amidine groups is 1. The summed E-state index contributed by atoms with van der Waals surface area (Å²) in [5.74, 6) is -0.0937. The lowest BCUT2D eigenvalue weighted by atomic mass is 9.69. The van der Waals surface area contributed by atoms with Gasteiger partial charge in [-0.1, -0.05) is 96.7 Å². The highest BCUT2D eigenvalue weighted by atomic mass is 32.2. The van der Waals surface area contributed by atoms with Gasteiger partial charge in [0.05, 0.1) is 0 Å². The van der Waals surface area contributed by atoms with E-state index in [2.05, 4.69) is 10.2 Å². The second kappa shape index (κ2) is 7.44. The van der Waals surface area contributed by atoms with E-state index in [4.69, 9.17) is 5.73 Å². The summed E-state index contributed by atoms with van der Waals surface area (Å²) in [6.07, 6.45) is 1.82. The van der Waals surface area contributed by atoms with E-state index >= 15 is 0 Å². The van der Waals surface area contributed by atoms with Crippen LogP contribution < -0.4 is 5.73 Å². The number of fused-ring (bicyclic) bond motifs is 1. The van der Waals surface area contributed by atoms with Gasteiger partial charge >= 0.3 is 0 Å². The third kappa shape index (κ3) is 2.75. The molecule has 4 nitrogen and oxygen atoms in total. The molecule has 0 heterocycles. The molecule has 0 radical (unpaired) electrons. The zero-order valence-electron chi connectivity index (χ0n) is 15.4. The van der Waals surface area contributed by atoms with Crippen LogP contribution in [0.1, 0.15) is 22.3 Å². The normalized spacial score (nSPS) is 17.0. The van der Waals surface area contributed by atoms with Crippen LogP contribution in [0.5, 0.6) is 0 Å². The Morgan fingerprint density at radius 1 is 0.857 bits per heavy atom. The van der Waals surface area contributed by atoms with Gasteiger partial charge in [-0.05, 0) is 22.9 Å². The van der Waals surface area contributed by atoms with Crippen molar-refractivity contribution in [1.82, 2.24) is 0 Å². The molecule has 0 aliphatic heterocycles. The van der Waals surface area contributed by atoms with E-state index in [9.17, 15) is 4.79 Å². The molecule has 0 spiro atoms. The summed E-state index contributed by atoms with van der Waals surface area (Å²) in [7, 11) is 0. The summed E-state index contributed by atoms with van der Waals surface area (Å²) in [5.41, 5.74) is 8.69. The highest BCUT2D eigenvalue weighted by Crippen LogP contribution is 2.46. The van der Waals surface area contributed by atoms with Gasteiger partial charge in [0.1, 0.15) is 11.1 Å². The molecule has 138 valence electrons. The number of hydrogen-bond donors (Lipinski definition) is 1. The van der Waals surface area contributed by atoms with Crippen molar-refractivity contribution in [3.63, 3.8) is 0 Å². The average Bonchev–Trinajstić information content (AvgIpc) is 3.01. The van der Waals surface area contributed by atoms with Crippen molar-refractivity contribution >= 4 is 28.4 Å². The molecule has 28 heavy (non-hydrogen) atoms. The first-order valence-electron chi connectivity index (χ1n) is 8.90. The molecule has 0 aromatic heterocycles. The molecule has 3 aromatic rings. The molecule has 0 saturated heterocycles. The van der Waals surface area contributed by atoms with E-state index in [0.29, 0.717) is 10.9 Å². The van der Waals surface area contributed by atoms with Crippen LogP contribution in [-0.2, 0) is 10.2 Å². The molecule has 2 N–H and O–H groups in total. The van der Waals surface area contributed by atoms with Gasteiger partial charge in [-0.2, -0.15) is 0 Å². The van der Waals surface area contributed by atoms with Gasteiger partial charge in [0.2, 0.25) is 5.78 Å². The summed E-state index contributed by atoms with van der Waals surface area (Å²) >= 11 is 1.29. The number of carbonyl (C=O) groups is 1. The van der Waals surface area contributed by atoms with Crippen molar-refractivity contribution in [2.45, 2.75) is 5.41 Å². The van der Waals surface area contributed by atoms with Gasteiger partial charge in [-0.3, -0.25) is 4.79 Å². The average molecular weight is 385 g/mol. The molecule has 5 heteroatoms. The SMILES string of the molecule is CS/C(N)=N\N=C1\C(=O)C(c2ccccc2)(c2ccccc2)c2ccccc21. The molecule has 0 saturated carbocycles. The third-order valence-corrected chi connectivity index (χ3v) is 5.51. The van der Waals surface area contributed by atoms with Crippen LogP contribution >= 0.6 is 11.8 Å². The first-order valence-corrected chi connectivity index (χ1v) is 10.1. The Balaban J connectivity index is 2.06.